The number of fused-ring (bicyclic) bond motifs is 1. The van der Waals surface area contributed by atoms with E-state index in [1.807, 2.05) is 11.5 Å². The van der Waals surface area contributed by atoms with Crippen molar-refractivity contribution in [3.05, 3.63) is 93.6 Å². The Hall–Kier alpha value is -4.47. The summed E-state index contributed by atoms with van der Waals surface area (Å²) in [5, 5.41) is 22.4. The van der Waals surface area contributed by atoms with Gasteiger partial charge in [0.05, 0.1) is 22.9 Å². The zero-order chi connectivity index (χ0) is 25.4. The minimum Gasteiger partial charge on any atom is -0.507 e. The number of benzene rings is 2. The maximum atomic E-state index is 13.2. The maximum absolute atomic E-state index is 13.2. The van der Waals surface area contributed by atoms with E-state index in [9.17, 15) is 24.8 Å². The molecule has 1 amide bonds. The molecule has 0 radical (unpaired) electrons. The summed E-state index contributed by atoms with van der Waals surface area (Å²) in [5.41, 5.74) is 1.68. The van der Waals surface area contributed by atoms with Gasteiger partial charge in [0.1, 0.15) is 17.6 Å². The van der Waals surface area contributed by atoms with Crippen LogP contribution in [0, 0.1) is 10.1 Å². The number of nitro groups is 1. The van der Waals surface area contributed by atoms with E-state index in [1.54, 1.807) is 36.9 Å². The van der Waals surface area contributed by atoms with Crippen molar-refractivity contribution >= 4 is 23.1 Å². The van der Waals surface area contributed by atoms with E-state index in [0.29, 0.717) is 30.5 Å². The van der Waals surface area contributed by atoms with Gasteiger partial charge in [-0.05, 0) is 54.8 Å². The van der Waals surface area contributed by atoms with Crippen molar-refractivity contribution in [2.24, 2.45) is 0 Å². The van der Waals surface area contributed by atoms with Gasteiger partial charge in [0.2, 0.25) is 0 Å². The molecule has 2 atom stereocenters. The molecule has 0 spiro atoms. The number of hydrogen-bond acceptors (Lipinski definition) is 7. The molecule has 0 unspecified atom stereocenters. The number of aromatic nitrogens is 2. The van der Waals surface area contributed by atoms with Gasteiger partial charge in [0.15, 0.2) is 0 Å². The standard InChI is InChI=1S/C26H24N4O6/c1-16-13-19-14-18(5-8-21(19)36-16)24(31)22-23(17-3-6-20(7-4-17)30(34)35)29(26(33)25(22)32)11-2-10-28-12-9-27-15-28/h3-9,12,14-16,23,31H,2,10-11,13H2,1H3/b24-22+/t16-,23-/m0/s1. The Morgan fingerprint density at radius 3 is 2.67 bits per heavy atom. The normalized spacial score (nSPS) is 20.4. The Bertz CT molecular complexity index is 1360. The van der Waals surface area contributed by atoms with Gasteiger partial charge in [0, 0.05) is 49.6 Å². The average molecular weight is 489 g/mol. The topological polar surface area (TPSA) is 128 Å². The number of non-ortho nitro benzene ring substituents is 1. The second-order valence-electron chi connectivity index (χ2n) is 8.95. The molecular formula is C26H24N4O6. The lowest BCUT2D eigenvalue weighted by Gasteiger charge is -2.25. The summed E-state index contributed by atoms with van der Waals surface area (Å²) in [6.45, 7) is 2.78. The highest BCUT2D eigenvalue weighted by Gasteiger charge is 2.46. The molecule has 0 saturated carbocycles. The van der Waals surface area contributed by atoms with Crippen LogP contribution in [0.4, 0.5) is 5.69 Å². The van der Waals surface area contributed by atoms with Crippen molar-refractivity contribution < 1.29 is 24.4 Å². The highest BCUT2D eigenvalue weighted by atomic mass is 16.6. The zero-order valence-corrected chi connectivity index (χ0v) is 19.5. The smallest absolute Gasteiger partial charge is 0.295 e. The van der Waals surface area contributed by atoms with E-state index >= 15 is 0 Å². The van der Waals surface area contributed by atoms with Gasteiger partial charge in [-0.25, -0.2) is 4.98 Å². The van der Waals surface area contributed by atoms with Gasteiger partial charge < -0.3 is 19.3 Å². The predicted molar refractivity (Wildman–Crippen MR) is 129 cm³/mol. The molecule has 1 N–H and O–H groups in total. The molecule has 0 bridgehead atoms. The van der Waals surface area contributed by atoms with Gasteiger partial charge in [-0.2, -0.15) is 0 Å². The van der Waals surface area contributed by atoms with Crippen LogP contribution in [0.1, 0.15) is 36.1 Å². The van der Waals surface area contributed by atoms with E-state index in [-0.39, 0.29) is 29.7 Å². The lowest BCUT2D eigenvalue weighted by Crippen LogP contribution is -2.31. The summed E-state index contributed by atoms with van der Waals surface area (Å²) in [4.78, 5) is 42.4. The first-order valence-electron chi connectivity index (χ1n) is 11.6. The monoisotopic (exact) mass is 488 g/mol. The number of amides is 1. The number of nitro benzene ring substituents is 1. The number of aryl methyl sites for hydroxylation is 1. The summed E-state index contributed by atoms with van der Waals surface area (Å²) < 4.78 is 7.60. The molecule has 2 aliphatic heterocycles. The molecule has 5 rings (SSSR count). The molecule has 2 aliphatic rings. The SMILES string of the molecule is C[C@H]1Cc2cc(/C(O)=C3\C(=O)C(=O)N(CCCn4ccnc4)[C@H]3c3ccc([N+](=O)[O-])cc3)ccc2O1. The van der Waals surface area contributed by atoms with Gasteiger partial charge in [-0.15, -0.1) is 0 Å². The Kier molecular flexibility index (Phi) is 6.01. The van der Waals surface area contributed by atoms with Crippen LogP contribution in [-0.2, 0) is 22.6 Å². The van der Waals surface area contributed by atoms with Crippen molar-refractivity contribution in [3.8, 4) is 5.75 Å². The van der Waals surface area contributed by atoms with Crippen LogP contribution < -0.4 is 4.74 Å². The van der Waals surface area contributed by atoms with Crippen LogP contribution in [0.2, 0.25) is 0 Å². The number of nitrogens with zero attached hydrogens (tertiary/aromatic N) is 4. The first kappa shape index (κ1) is 23.3. The minimum atomic E-state index is -0.878. The maximum Gasteiger partial charge on any atom is 0.295 e. The van der Waals surface area contributed by atoms with Crippen LogP contribution in [0.15, 0.2) is 66.8 Å². The average Bonchev–Trinajstić information content (AvgIpc) is 3.57. The second-order valence-corrected chi connectivity index (χ2v) is 8.95. The molecule has 10 heteroatoms. The zero-order valence-electron chi connectivity index (χ0n) is 19.5. The molecule has 1 aromatic heterocycles. The van der Waals surface area contributed by atoms with E-state index < -0.39 is 22.7 Å². The van der Waals surface area contributed by atoms with Crippen LogP contribution in [-0.4, -0.2) is 48.8 Å². The van der Waals surface area contributed by atoms with Crippen LogP contribution in [0.5, 0.6) is 5.75 Å². The van der Waals surface area contributed by atoms with Gasteiger partial charge in [0.25, 0.3) is 17.4 Å². The molecule has 3 aromatic rings. The summed E-state index contributed by atoms with van der Waals surface area (Å²) >= 11 is 0. The van der Waals surface area contributed by atoms with Crippen molar-refractivity contribution in [1.29, 1.82) is 0 Å². The summed E-state index contributed by atoms with van der Waals surface area (Å²) in [7, 11) is 0. The van der Waals surface area contributed by atoms with Crippen LogP contribution >= 0.6 is 0 Å². The molecule has 184 valence electrons. The lowest BCUT2D eigenvalue weighted by atomic mass is 9.94. The Morgan fingerprint density at radius 1 is 1.19 bits per heavy atom. The van der Waals surface area contributed by atoms with Crippen molar-refractivity contribution in [2.75, 3.05) is 6.54 Å². The number of imidazole rings is 1. The van der Waals surface area contributed by atoms with E-state index in [1.165, 1.54) is 29.2 Å². The number of aliphatic hydroxyl groups excluding tert-OH is 1. The quantitative estimate of drug-likeness (QED) is 0.177. The number of ketones is 1. The Labute approximate surface area is 206 Å². The molecule has 2 aromatic carbocycles. The fourth-order valence-electron chi connectivity index (χ4n) is 4.80. The Morgan fingerprint density at radius 2 is 1.97 bits per heavy atom. The summed E-state index contributed by atoms with van der Waals surface area (Å²) in [6.07, 6.45) is 6.36. The van der Waals surface area contributed by atoms with Crippen molar-refractivity contribution in [1.82, 2.24) is 14.5 Å². The molecule has 0 aliphatic carbocycles. The van der Waals surface area contributed by atoms with Gasteiger partial charge in [-0.1, -0.05) is 0 Å². The molecule has 1 fully saturated rings. The number of carbonyl (C=O) groups is 2. The van der Waals surface area contributed by atoms with Crippen molar-refractivity contribution in [2.45, 2.75) is 38.5 Å². The van der Waals surface area contributed by atoms with E-state index in [4.69, 9.17) is 4.74 Å². The number of carbonyl (C=O) groups excluding carboxylic acids is 2. The molecule has 10 nitrogen and oxygen atoms in total. The molecule has 36 heavy (non-hydrogen) atoms. The largest absolute Gasteiger partial charge is 0.507 e. The van der Waals surface area contributed by atoms with Gasteiger partial charge in [-0.3, -0.25) is 19.7 Å². The summed E-state index contributed by atoms with van der Waals surface area (Å²) in [5.74, 6) is -1.06. The number of Topliss-reactive ketones (excluding diaryl/α,β-unsaturated/α-hetero) is 1. The first-order valence-corrected chi connectivity index (χ1v) is 11.6. The molecule has 1 saturated heterocycles. The number of ether oxygens (including phenoxy) is 1. The molecule has 3 heterocycles. The van der Waals surface area contributed by atoms with Crippen LogP contribution in [0.25, 0.3) is 5.76 Å². The van der Waals surface area contributed by atoms with E-state index in [0.717, 1.165) is 11.3 Å². The lowest BCUT2D eigenvalue weighted by molar-refractivity contribution is -0.384. The third-order valence-electron chi connectivity index (χ3n) is 6.50. The third kappa shape index (κ3) is 4.21. The number of hydrogen-bond donors (Lipinski definition) is 1. The van der Waals surface area contributed by atoms with Gasteiger partial charge >= 0.3 is 0 Å². The number of rotatable bonds is 7. The fourth-order valence-corrected chi connectivity index (χ4v) is 4.80. The van der Waals surface area contributed by atoms with Crippen LogP contribution in [0.3, 0.4) is 0 Å². The number of likely N-dealkylation sites (tertiary alicyclic amines) is 1. The first-order chi connectivity index (χ1) is 17.3. The summed E-state index contributed by atoms with van der Waals surface area (Å²) in [6, 6.07) is 9.99. The minimum absolute atomic E-state index is 0.0126. The fraction of sp³-hybridized carbons (Fsp3) is 0.269. The number of aliphatic hydroxyl groups is 1. The second kappa shape index (κ2) is 9.29. The third-order valence-corrected chi connectivity index (χ3v) is 6.50. The highest BCUT2D eigenvalue weighted by Crippen LogP contribution is 2.41. The highest BCUT2D eigenvalue weighted by molar-refractivity contribution is 6.46. The molecular weight excluding hydrogens is 464 g/mol. The Balaban J connectivity index is 1.54. The van der Waals surface area contributed by atoms with Crippen molar-refractivity contribution in [3.63, 3.8) is 0 Å². The predicted octanol–water partition coefficient (Wildman–Crippen LogP) is 3.63. The van der Waals surface area contributed by atoms with E-state index in [2.05, 4.69) is 4.98 Å².